The van der Waals surface area contributed by atoms with E-state index < -0.39 is 16.9 Å². The van der Waals surface area contributed by atoms with Gasteiger partial charge in [0.25, 0.3) is 11.6 Å². The van der Waals surface area contributed by atoms with Gasteiger partial charge in [0.05, 0.1) is 29.7 Å². The summed E-state index contributed by atoms with van der Waals surface area (Å²) in [6.07, 6.45) is 0.925. The maximum Gasteiger partial charge on any atom is 0.269 e. The van der Waals surface area contributed by atoms with Crippen LogP contribution in [0.2, 0.25) is 0 Å². The number of rotatable bonds is 4. The molecule has 30 heavy (non-hydrogen) atoms. The Morgan fingerprint density at radius 1 is 0.933 bits per heavy atom. The zero-order chi connectivity index (χ0) is 21.0. The van der Waals surface area contributed by atoms with E-state index in [-0.39, 0.29) is 23.5 Å². The molecule has 5 rings (SSSR count). The average Bonchev–Trinajstić information content (AvgIpc) is 3.40. The second-order valence-electron chi connectivity index (χ2n) is 7.65. The van der Waals surface area contributed by atoms with E-state index in [1.54, 1.807) is 7.11 Å². The standard InChI is InChI=1S/C21H20N4O5/c1-30-16-9-3-13(4-10-16)18-17-19(23-12-2-11-22(18)23)21(27)24(20(17)26)14-5-7-15(8-6-14)25(28)29/h3-10,17-19H,2,11-12H2,1H3/t17-,18-,19-/m1/s1. The number of amides is 2. The second-order valence-corrected chi connectivity index (χ2v) is 7.65. The van der Waals surface area contributed by atoms with Crippen molar-refractivity contribution in [3.63, 3.8) is 0 Å². The van der Waals surface area contributed by atoms with Gasteiger partial charge in [0.15, 0.2) is 0 Å². The number of hydrogen-bond donors (Lipinski definition) is 0. The Labute approximate surface area is 172 Å². The number of ether oxygens (including phenoxy) is 1. The molecule has 0 unspecified atom stereocenters. The molecular weight excluding hydrogens is 388 g/mol. The van der Waals surface area contributed by atoms with Crippen LogP contribution < -0.4 is 9.64 Å². The van der Waals surface area contributed by atoms with Crippen LogP contribution >= 0.6 is 0 Å². The molecule has 154 valence electrons. The average molecular weight is 408 g/mol. The van der Waals surface area contributed by atoms with Crippen LogP contribution in [0.15, 0.2) is 48.5 Å². The summed E-state index contributed by atoms with van der Waals surface area (Å²) in [6, 6.07) is 12.4. The summed E-state index contributed by atoms with van der Waals surface area (Å²) >= 11 is 0. The van der Waals surface area contributed by atoms with Gasteiger partial charge in [-0.1, -0.05) is 12.1 Å². The smallest absolute Gasteiger partial charge is 0.269 e. The van der Waals surface area contributed by atoms with Gasteiger partial charge in [-0.2, -0.15) is 0 Å². The van der Waals surface area contributed by atoms with E-state index in [0.717, 1.165) is 30.8 Å². The topological polar surface area (TPSA) is 96.2 Å². The van der Waals surface area contributed by atoms with Crippen molar-refractivity contribution in [3.05, 3.63) is 64.2 Å². The number of carbonyl (C=O) groups excluding carboxylic acids is 2. The Balaban J connectivity index is 1.52. The van der Waals surface area contributed by atoms with Crippen LogP contribution in [-0.2, 0) is 9.59 Å². The molecular formula is C21H20N4O5. The molecule has 9 nitrogen and oxygen atoms in total. The number of hydrogen-bond acceptors (Lipinski definition) is 7. The van der Waals surface area contributed by atoms with E-state index in [0.29, 0.717) is 5.69 Å². The molecule has 3 aliphatic rings. The molecule has 3 fully saturated rings. The van der Waals surface area contributed by atoms with Crippen molar-refractivity contribution < 1.29 is 19.2 Å². The lowest BCUT2D eigenvalue weighted by atomic mass is 9.90. The molecule has 3 aliphatic heterocycles. The molecule has 9 heteroatoms. The highest BCUT2D eigenvalue weighted by Gasteiger charge is 2.62. The highest BCUT2D eigenvalue weighted by Crippen LogP contribution is 2.49. The molecule has 3 saturated heterocycles. The van der Waals surface area contributed by atoms with Crippen molar-refractivity contribution in [1.82, 2.24) is 10.0 Å². The zero-order valence-corrected chi connectivity index (χ0v) is 16.3. The molecule has 3 atom stereocenters. The number of benzene rings is 2. The van der Waals surface area contributed by atoms with E-state index in [9.17, 15) is 19.7 Å². The molecule has 0 bridgehead atoms. The van der Waals surface area contributed by atoms with Crippen molar-refractivity contribution in [1.29, 1.82) is 0 Å². The minimum absolute atomic E-state index is 0.0835. The largest absolute Gasteiger partial charge is 0.497 e. The summed E-state index contributed by atoms with van der Waals surface area (Å²) < 4.78 is 5.24. The minimum Gasteiger partial charge on any atom is -0.497 e. The maximum atomic E-state index is 13.4. The maximum absolute atomic E-state index is 13.4. The van der Waals surface area contributed by atoms with Crippen LogP contribution in [0.5, 0.6) is 5.75 Å². The quantitative estimate of drug-likeness (QED) is 0.434. The Bertz CT molecular complexity index is 1020. The molecule has 2 aromatic carbocycles. The number of nitro benzene ring substituents is 1. The SMILES string of the molecule is COc1ccc([C@@H]2[C@H]3C(=O)N(c4ccc([N+](=O)[O-])cc4)C(=O)[C@@H]3N3CCCN23)cc1. The molecule has 2 aromatic rings. The van der Waals surface area contributed by atoms with E-state index in [4.69, 9.17) is 4.74 Å². The van der Waals surface area contributed by atoms with E-state index in [1.807, 2.05) is 29.3 Å². The first-order chi connectivity index (χ1) is 14.5. The first-order valence-corrected chi connectivity index (χ1v) is 9.80. The van der Waals surface area contributed by atoms with Gasteiger partial charge in [-0.05, 0) is 36.2 Å². The predicted molar refractivity (Wildman–Crippen MR) is 107 cm³/mol. The summed E-state index contributed by atoms with van der Waals surface area (Å²) in [6.45, 7) is 1.52. The normalized spacial score (nSPS) is 26.2. The van der Waals surface area contributed by atoms with Gasteiger partial charge in [0.2, 0.25) is 5.91 Å². The van der Waals surface area contributed by atoms with Crippen molar-refractivity contribution in [3.8, 4) is 5.75 Å². The lowest BCUT2D eigenvalue weighted by Gasteiger charge is -2.29. The van der Waals surface area contributed by atoms with E-state index >= 15 is 0 Å². The highest BCUT2D eigenvalue weighted by atomic mass is 16.6. The molecule has 2 amide bonds. The number of imide groups is 1. The number of non-ortho nitro benzene ring substituents is 1. The highest BCUT2D eigenvalue weighted by molar-refractivity contribution is 6.24. The van der Waals surface area contributed by atoms with Crippen LogP contribution in [0.25, 0.3) is 0 Å². The molecule has 3 heterocycles. The van der Waals surface area contributed by atoms with Crippen LogP contribution in [-0.4, -0.2) is 53.0 Å². The Kier molecular flexibility index (Phi) is 4.30. The lowest BCUT2D eigenvalue weighted by Crippen LogP contribution is -2.44. The van der Waals surface area contributed by atoms with E-state index in [1.165, 1.54) is 29.2 Å². The first-order valence-electron chi connectivity index (χ1n) is 9.80. The number of anilines is 1. The summed E-state index contributed by atoms with van der Waals surface area (Å²) in [5.74, 6) is -0.342. The molecule has 0 aromatic heterocycles. The van der Waals surface area contributed by atoms with Crippen molar-refractivity contribution in [2.24, 2.45) is 5.92 Å². The van der Waals surface area contributed by atoms with Gasteiger partial charge in [0.1, 0.15) is 11.8 Å². The fourth-order valence-electron chi connectivity index (χ4n) is 4.89. The molecule has 0 radical (unpaired) electrons. The van der Waals surface area contributed by atoms with Crippen LogP contribution in [0, 0.1) is 16.0 Å². The third-order valence-electron chi connectivity index (χ3n) is 6.18. The number of carbonyl (C=O) groups is 2. The molecule has 0 aliphatic carbocycles. The van der Waals surface area contributed by atoms with E-state index in [2.05, 4.69) is 5.01 Å². The fourth-order valence-corrected chi connectivity index (χ4v) is 4.89. The zero-order valence-electron chi connectivity index (χ0n) is 16.3. The lowest BCUT2D eigenvalue weighted by molar-refractivity contribution is -0.384. The summed E-state index contributed by atoms with van der Waals surface area (Å²) in [5.41, 5.74) is 1.24. The number of nitro groups is 1. The Morgan fingerprint density at radius 3 is 2.17 bits per heavy atom. The number of methoxy groups -OCH3 is 1. The van der Waals surface area contributed by atoms with Crippen LogP contribution in [0.3, 0.4) is 0 Å². The van der Waals surface area contributed by atoms with Gasteiger partial charge < -0.3 is 4.74 Å². The third-order valence-corrected chi connectivity index (χ3v) is 6.18. The molecule has 0 N–H and O–H groups in total. The number of fused-ring (bicyclic) bond motifs is 3. The summed E-state index contributed by atoms with van der Waals surface area (Å²) in [4.78, 5) is 38.4. The Hall–Kier alpha value is -3.30. The fraction of sp³-hybridized carbons (Fsp3) is 0.333. The number of hydrazine groups is 1. The van der Waals surface area contributed by atoms with Gasteiger partial charge in [-0.3, -0.25) is 19.7 Å². The predicted octanol–water partition coefficient (Wildman–Crippen LogP) is 2.14. The minimum atomic E-state index is -0.553. The van der Waals surface area contributed by atoms with Gasteiger partial charge in [0, 0.05) is 25.2 Å². The molecule has 0 saturated carbocycles. The summed E-state index contributed by atoms with van der Waals surface area (Å²) in [7, 11) is 1.60. The van der Waals surface area contributed by atoms with Crippen LogP contribution in [0.4, 0.5) is 11.4 Å². The molecule has 0 spiro atoms. The Morgan fingerprint density at radius 2 is 1.57 bits per heavy atom. The van der Waals surface area contributed by atoms with Gasteiger partial charge in [-0.15, -0.1) is 0 Å². The van der Waals surface area contributed by atoms with Crippen LogP contribution in [0.1, 0.15) is 18.0 Å². The van der Waals surface area contributed by atoms with Gasteiger partial charge in [-0.25, -0.2) is 14.9 Å². The number of nitrogens with zero attached hydrogens (tertiary/aromatic N) is 4. The first kappa shape index (κ1) is 18.7. The monoisotopic (exact) mass is 408 g/mol. The van der Waals surface area contributed by atoms with Crippen molar-refractivity contribution in [2.45, 2.75) is 18.5 Å². The summed E-state index contributed by atoms with van der Waals surface area (Å²) in [5, 5.41) is 15.1. The third kappa shape index (κ3) is 2.62. The second kappa shape index (κ2) is 6.89. The van der Waals surface area contributed by atoms with Crippen molar-refractivity contribution >= 4 is 23.2 Å². The van der Waals surface area contributed by atoms with Gasteiger partial charge >= 0.3 is 0 Å². The van der Waals surface area contributed by atoms with Crippen molar-refractivity contribution in [2.75, 3.05) is 25.1 Å².